The number of hydrogen-bond acceptors (Lipinski definition) is 3. The lowest BCUT2D eigenvalue weighted by atomic mass is 9.79. The van der Waals surface area contributed by atoms with Crippen LogP contribution in [0.15, 0.2) is 12.1 Å². The Hall–Kier alpha value is -0.775. The monoisotopic (exact) mass is 189 g/mol. The largest absolute Gasteiger partial charge is 0.493 e. The van der Waals surface area contributed by atoms with Gasteiger partial charge in [0.2, 0.25) is 0 Å². The summed E-state index contributed by atoms with van der Waals surface area (Å²) < 4.78 is 13.0. The molecule has 0 radical (unpaired) electrons. The van der Waals surface area contributed by atoms with Crippen molar-refractivity contribution in [3.63, 3.8) is 0 Å². The van der Waals surface area contributed by atoms with Crippen LogP contribution in [-0.2, 0) is 0 Å². The third-order valence-corrected chi connectivity index (χ3v) is 1.74. The van der Waals surface area contributed by atoms with E-state index < -0.39 is 18.4 Å². The van der Waals surface area contributed by atoms with Crippen LogP contribution in [0.3, 0.4) is 0 Å². The SMILES string of the molecule is Nc1ccc(Cl)c(B(O)O)c1F. The summed E-state index contributed by atoms with van der Waals surface area (Å²) in [6, 6.07) is 2.55. The number of hydrogen-bond donors (Lipinski definition) is 3. The Balaban J connectivity index is 3.33. The van der Waals surface area contributed by atoms with E-state index in [9.17, 15) is 4.39 Å². The topological polar surface area (TPSA) is 66.5 Å². The summed E-state index contributed by atoms with van der Waals surface area (Å²) in [7, 11) is -1.94. The summed E-state index contributed by atoms with van der Waals surface area (Å²) in [5.41, 5.74) is 4.62. The van der Waals surface area contributed by atoms with E-state index in [2.05, 4.69) is 0 Å². The van der Waals surface area contributed by atoms with E-state index in [-0.39, 0.29) is 10.7 Å². The molecule has 0 unspecified atom stereocenters. The van der Waals surface area contributed by atoms with Crippen LogP contribution in [0.1, 0.15) is 0 Å². The van der Waals surface area contributed by atoms with Gasteiger partial charge in [0.1, 0.15) is 5.82 Å². The van der Waals surface area contributed by atoms with Crippen LogP contribution in [0.4, 0.5) is 10.1 Å². The summed E-state index contributed by atoms with van der Waals surface area (Å²) in [6.07, 6.45) is 0. The summed E-state index contributed by atoms with van der Waals surface area (Å²) in [5.74, 6) is -0.891. The van der Waals surface area contributed by atoms with Crippen LogP contribution in [-0.4, -0.2) is 17.2 Å². The van der Waals surface area contributed by atoms with Gasteiger partial charge in [0.25, 0.3) is 0 Å². The summed E-state index contributed by atoms with van der Waals surface area (Å²) in [5, 5.41) is 17.3. The molecule has 0 aromatic heterocycles. The Bertz CT molecular complexity index is 308. The van der Waals surface area contributed by atoms with Crippen molar-refractivity contribution in [3.8, 4) is 0 Å². The molecular weight excluding hydrogens is 183 g/mol. The molecule has 0 amide bonds. The molecule has 6 heteroatoms. The molecule has 0 bridgehead atoms. The van der Waals surface area contributed by atoms with Crippen molar-refractivity contribution in [2.75, 3.05) is 5.73 Å². The van der Waals surface area contributed by atoms with E-state index in [1.54, 1.807) is 0 Å². The van der Waals surface area contributed by atoms with E-state index >= 15 is 0 Å². The first-order chi connectivity index (χ1) is 5.54. The molecule has 1 rings (SSSR count). The second kappa shape index (κ2) is 3.31. The molecule has 0 spiro atoms. The van der Waals surface area contributed by atoms with E-state index in [1.807, 2.05) is 0 Å². The summed E-state index contributed by atoms with van der Waals surface area (Å²) in [6.45, 7) is 0. The molecule has 0 heterocycles. The molecule has 64 valence electrons. The fraction of sp³-hybridized carbons (Fsp3) is 0. The van der Waals surface area contributed by atoms with Crippen molar-refractivity contribution in [2.45, 2.75) is 0 Å². The first-order valence-electron chi connectivity index (χ1n) is 3.13. The molecule has 1 aromatic rings. The zero-order valence-electron chi connectivity index (χ0n) is 5.96. The molecule has 0 aliphatic heterocycles. The maximum atomic E-state index is 13.0. The highest BCUT2D eigenvalue weighted by atomic mass is 35.5. The fourth-order valence-electron chi connectivity index (χ4n) is 0.823. The normalized spacial score (nSPS) is 10.0. The zero-order valence-corrected chi connectivity index (χ0v) is 6.72. The Morgan fingerprint density at radius 1 is 1.42 bits per heavy atom. The lowest BCUT2D eigenvalue weighted by Crippen LogP contribution is -2.34. The third kappa shape index (κ3) is 1.53. The van der Waals surface area contributed by atoms with Crippen molar-refractivity contribution < 1.29 is 14.4 Å². The maximum Gasteiger partial charge on any atom is 0.493 e. The Morgan fingerprint density at radius 3 is 2.42 bits per heavy atom. The van der Waals surface area contributed by atoms with Gasteiger partial charge in [0, 0.05) is 10.5 Å². The Morgan fingerprint density at radius 2 is 2.00 bits per heavy atom. The quantitative estimate of drug-likeness (QED) is 0.421. The van der Waals surface area contributed by atoms with Gasteiger partial charge in [-0.25, -0.2) is 4.39 Å². The molecule has 4 N–H and O–H groups in total. The van der Waals surface area contributed by atoms with Crippen molar-refractivity contribution in [1.82, 2.24) is 0 Å². The van der Waals surface area contributed by atoms with Gasteiger partial charge in [-0.1, -0.05) is 11.6 Å². The van der Waals surface area contributed by atoms with Gasteiger partial charge in [-0.2, -0.15) is 0 Å². The lowest BCUT2D eigenvalue weighted by molar-refractivity contribution is 0.423. The fourth-order valence-corrected chi connectivity index (χ4v) is 1.07. The van der Waals surface area contributed by atoms with Gasteiger partial charge in [-0.3, -0.25) is 0 Å². The standard InChI is InChI=1S/C6H6BClFNO2/c8-3-1-2-4(10)6(9)5(3)7(11)12/h1-2,11-12H,10H2. The second-order valence-corrected chi connectivity index (χ2v) is 2.65. The average molecular weight is 189 g/mol. The van der Waals surface area contributed by atoms with Gasteiger partial charge in [-0.15, -0.1) is 0 Å². The van der Waals surface area contributed by atoms with Gasteiger partial charge in [0.15, 0.2) is 0 Å². The number of benzene rings is 1. The van der Waals surface area contributed by atoms with Crippen molar-refractivity contribution >= 4 is 29.9 Å². The third-order valence-electron chi connectivity index (χ3n) is 1.41. The molecule has 0 fully saturated rings. The van der Waals surface area contributed by atoms with Crippen LogP contribution < -0.4 is 11.2 Å². The molecule has 0 aliphatic rings. The van der Waals surface area contributed by atoms with Crippen LogP contribution in [0, 0.1) is 5.82 Å². The molecule has 0 saturated heterocycles. The van der Waals surface area contributed by atoms with Crippen molar-refractivity contribution in [1.29, 1.82) is 0 Å². The van der Waals surface area contributed by atoms with Gasteiger partial charge in [0.05, 0.1) is 5.69 Å². The summed E-state index contributed by atoms with van der Waals surface area (Å²) in [4.78, 5) is 0. The second-order valence-electron chi connectivity index (χ2n) is 2.24. The molecular formula is C6H6BClFNO2. The van der Waals surface area contributed by atoms with Gasteiger partial charge in [-0.05, 0) is 12.1 Å². The number of nitrogen functional groups attached to an aromatic ring is 1. The van der Waals surface area contributed by atoms with E-state index in [0.717, 1.165) is 0 Å². The zero-order chi connectivity index (χ0) is 9.30. The van der Waals surface area contributed by atoms with Crippen LogP contribution in [0.5, 0.6) is 0 Å². The Labute approximate surface area is 73.7 Å². The molecule has 0 saturated carbocycles. The molecule has 0 atom stereocenters. The highest BCUT2D eigenvalue weighted by Gasteiger charge is 2.21. The lowest BCUT2D eigenvalue weighted by Gasteiger charge is -2.05. The highest BCUT2D eigenvalue weighted by Crippen LogP contribution is 2.13. The molecule has 3 nitrogen and oxygen atoms in total. The average Bonchev–Trinajstić information content (AvgIpc) is 1.97. The van der Waals surface area contributed by atoms with Gasteiger partial charge >= 0.3 is 7.12 Å². The smallest absolute Gasteiger partial charge is 0.423 e. The predicted octanol–water partition coefficient (Wildman–Crippen LogP) is -0.259. The minimum absolute atomic E-state index is 0.0586. The van der Waals surface area contributed by atoms with Crippen LogP contribution in [0.2, 0.25) is 5.02 Å². The summed E-state index contributed by atoms with van der Waals surface area (Å²) >= 11 is 5.48. The molecule has 12 heavy (non-hydrogen) atoms. The van der Waals surface area contributed by atoms with Crippen molar-refractivity contribution in [3.05, 3.63) is 23.0 Å². The van der Waals surface area contributed by atoms with E-state index in [4.69, 9.17) is 27.4 Å². The van der Waals surface area contributed by atoms with Gasteiger partial charge < -0.3 is 15.8 Å². The maximum absolute atomic E-state index is 13.0. The van der Waals surface area contributed by atoms with Crippen molar-refractivity contribution in [2.24, 2.45) is 0 Å². The first kappa shape index (κ1) is 9.31. The van der Waals surface area contributed by atoms with E-state index in [0.29, 0.717) is 0 Å². The number of rotatable bonds is 1. The highest BCUT2D eigenvalue weighted by molar-refractivity contribution is 6.63. The van der Waals surface area contributed by atoms with Crippen LogP contribution in [0.25, 0.3) is 0 Å². The number of anilines is 1. The van der Waals surface area contributed by atoms with E-state index in [1.165, 1.54) is 12.1 Å². The number of nitrogens with two attached hydrogens (primary N) is 1. The first-order valence-corrected chi connectivity index (χ1v) is 3.51. The predicted molar refractivity (Wildman–Crippen MR) is 45.6 cm³/mol. The molecule has 1 aromatic carbocycles. The number of halogens is 2. The van der Waals surface area contributed by atoms with Crippen LogP contribution >= 0.6 is 11.6 Å². The Kier molecular flexibility index (Phi) is 2.57. The minimum atomic E-state index is -1.94. The molecule has 0 aliphatic carbocycles. The minimum Gasteiger partial charge on any atom is -0.423 e.